The van der Waals surface area contributed by atoms with Gasteiger partial charge < -0.3 is 14.7 Å². The Bertz CT molecular complexity index is 317. The molecule has 0 aromatic heterocycles. The topological polar surface area (TPSA) is 50.7 Å². The van der Waals surface area contributed by atoms with Crippen molar-refractivity contribution in [2.24, 2.45) is 0 Å². The van der Waals surface area contributed by atoms with Crippen LogP contribution in [-0.2, 0) is 6.54 Å². The van der Waals surface area contributed by atoms with E-state index in [1.807, 2.05) is 5.48 Å². The third-order valence-corrected chi connectivity index (χ3v) is 1.82. The second kappa shape index (κ2) is 4.78. The smallest absolute Gasteiger partial charge is 0.163 e. The Morgan fingerprint density at radius 3 is 2.36 bits per heavy atom. The van der Waals surface area contributed by atoms with Crippen LogP contribution in [0.15, 0.2) is 12.1 Å². The maximum atomic E-state index is 13.3. The van der Waals surface area contributed by atoms with Crippen molar-refractivity contribution in [1.29, 1.82) is 0 Å². The number of hydroxylamine groups is 1. The number of benzene rings is 1. The van der Waals surface area contributed by atoms with Gasteiger partial charge in [0.2, 0.25) is 0 Å². The second-order valence-electron chi connectivity index (χ2n) is 2.63. The number of rotatable bonds is 4. The number of hydrogen-bond donors (Lipinski definition) is 2. The van der Waals surface area contributed by atoms with Gasteiger partial charge in [-0.15, -0.1) is 0 Å². The summed E-state index contributed by atoms with van der Waals surface area (Å²) in [4.78, 5) is 0. The van der Waals surface area contributed by atoms with E-state index in [1.165, 1.54) is 26.4 Å². The molecule has 2 N–H and O–H groups in total. The third-order valence-electron chi connectivity index (χ3n) is 1.82. The average molecular weight is 201 g/mol. The van der Waals surface area contributed by atoms with Crippen molar-refractivity contribution in [3.63, 3.8) is 0 Å². The molecule has 0 aliphatic carbocycles. The van der Waals surface area contributed by atoms with Crippen LogP contribution in [0.25, 0.3) is 0 Å². The molecule has 0 radical (unpaired) electrons. The molecule has 0 amide bonds. The molecule has 0 saturated carbocycles. The molecule has 0 heterocycles. The highest BCUT2D eigenvalue weighted by Gasteiger charge is 2.10. The van der Waals surface area contributed by atoms with Gasteiger partial charge >= 0.3 is 0 Å². The summed E-state index contributed by atoms with van der Waals surface area (Å²) in [5.74, 6) is 0.301. The van der Waals surface area contributed by atoms with Crippen LogP contribution in [0.4, 0.5) is 4.39 Å². The molecular weight excluding hydrogens is 189 g/mol. The lowest BCUT2D eigenvalue weighted by molar-refractivity contribution is 0.160. The van der Waals surface area contributed by atoms with Crippen LogP contribution in [0.1, 0.15) is 5.56 Å². The summed E-state index contributed by atoms with van der Waals surface area (Å²) >= 11 is 0. The number of nitrogens with one attached hydrogen (secondary N) is 1. The molecule has 0 aliphatic rings. The fraction of sp³-hybridized carbons (Fsp3) is 0.333. The normalized spacial score (nSPS) is 10.0. The van der Waals surface area contributed by atoms with Gasteiger partial charge in [-0.25, -0.2) is 9.87 Å². The van der Waals surface area contributed by atoms with Crippen LogP contribution in [0, 0.1) is 5.82 Å². The van der Waals surface area contributed by atoms with E-state index in [0.717, 1.165) is 0 Å². The van der Waals surface area contributed by atoms with Gasteiger partial charge in [-0.3, -0.25) is 0 Å². The molecular formula is C9H12FNO3. The lowest BCUT2D eigenvalue weighted by Crippen LogP contribution is -2.08. The molecule has 0 bridgehead atoms. The molecule has 4 nitrogen and oxygen atoms in total. The van der Waals surface area contributed by atoms with E-state index in [9.17, 15) is 4.39 Å². The van der Waals surface area contributed by atoms with E-state index >= 15 is 0 Å². The van der Waals surface area contributed by atoms with Gasteiger partial charge in [0.1, 0.15) is 5.82 Å². The van der Waals surface area contributed by atoms with E-state index in [1.54, 1.807) is 0 Å². The molecule has 0 unspecified atom stereocenters. The van der Waals surface area contributed by atoms with Gasteiger partial charge in [0, 0.05) is 18.2 Å². The molecule has 1 aromatic rings. The first-order chi connectivity index (χ1) is 6.72. The highest BCUT2D eigenvalue weighted by molar-refractivity contribution is 5.43. The third kappa shape index (κ3) is 2.12. The van der Waals surface area contributed by atoms with Crippen LogP contribution in [-0.4, -0.2) is 19.4 Å². The fourth-order valence-corrected chi connectivity index (χ4v) is 1.12. The highest BCUT2D eigenvalue weighted by atomic mass is 19.1. The highest BCUT2D eigenvalue weighted by Crippen LogP contribution is 2.29. The molecule has 0 fully saturated rings. The molecule has 0 spiro atoms. The van der Waals surface area contributed by atoms with Crippen molar-refractivity contribution >= 4 is 0 Å². The van der Waals surface area contributed by atoms with Crippen LogP contribution in [0.2, 0.25) is 0 Å². The van der Waals surface area contributed by atoms with Crippen LogP contribution >= 0.6 is 0 Å². The summed E-state index contributed by atoms with van der Waals surface area (Å²) < 4.78 is 23.1. The standard InChI is InChI=1S/C9H12FNO3/c1-13-8-3-6(5-11-12)7(10)4-9(8)14-2/h3-4,11-12H,5H2,1-2H3. The van der Waals surface area contributed by atoms with Crippen LogP contribution in [0.3, 0.4) is 0 Å². The molecule has 78 valence electrons. The molecule has 14 heavy (non-hydrogen) atoms. The number of methoxy groups -OCH3 is 2. The Morgan fingerprint density at radius 2 is 1.86 bits per heavy atom. The molecule has 0 aliphatic heterocycles. The predicted octanol–water partition coefficient (Wildman–Crippen LogP) is 1.32. The summed E-state index contributed by atoms with van der Waals surface area (Å²) in [5, 5.41) is 8.45. The maximum absolute atomic E-state index is 13.3. The summed E-state index contributed by atoms with van der Waals surface area (Å²) in [6, 6.07) is 2.68. The summed E-state index contributed by atoms with van der Waals surface area (Å²) in [6.45, 7) is 0.0200. The van der Waals surface area contributed by atoms with E-state index in [4.69, 9.17) is 14.7 Å². The van der Waals surface area contributed by atoms with Gasteiger partial charge in [-0.2, -0.15) is 0 Å². The molecule has 0 atom stereocenters. The molecule has 1 aromatic carbocycles. The largest absolute Gasteiger partial charge is 0.493 e. The zero-order valence-corrected chi connectivity index (χ0v) is 8.00. The summed E-state index contributed by atoms with van der Waals surface area (Å²) in [5.41, 5.74) is 2.19. The zero-order chi connectivity index (χ0) is 10.6. The SMILES string of the molecule is COc1cc(F)c(CNO)cc1OC. The Kier molecular flexibility index (Phi) is 3.67. The minimum Gasteiger partial charge on any atom is -0.493 e. The van der Waals surface area contributed by atoms with Crippen molar-refractivity contribution in [2.45, 2.75) is 6.54 Å². The van der Waals surface area contributed by atoms with E-state index in [0.29, 0.717) is 17.1 Å². The maximum Gasteiger partial charge on any atom is 0.163 e. The Hall–Kier alpha value is -1.33. The Balaban J connectivity index is 3.09. The van der Waals surface area contributed by atoms with Gasteiger partial charge in [0.25, 0.3) is 0 Å². The van der Waals surface area contributed by atoms with Crippen LogP contribution in [0.5, 0.6) is 11.5 Å². The van der Waals surface area contributed by atoms with Crippen molar-refractivity contribution < 1.29 is 19.1 Å². The summed E-state index contributed by atoms with van der Waals surface area (Å²) in [6.07, 6.45) is 0. The minimum absolute atomic E-state index is 0.0200. The van der Waals surface area contributed by atoms with Crippen LogP contribution < -0.4 is 15.0 Å². The number of ether oxygens (including phenoxy) is 2. The zero-order valence-electron chi connectivity index (χ0n) is 8.00. The quantitative estimate of drug-likeness (QED) is 0.721. The Morgan fingerprint density at radius 1 is 1.29 bits per heavy atom. The first-order valence-electron chi connectivity index (χ1n) is 4.00. The van der Waals surface area contributed by atoms with Gasteiger partial charge in [-0.05, 0) is 6.07 Å². The van der Waals surface area contributed by atoms with E-state index in [2.05, 4.69) is 0 Å². The first kappa shape index (κ1) is 10.7. The van der Waals surface area contributed by atoms with Crippen molar-refractivity contribution in [3.05, 3.63) is 23.5 Å². The number of hydrogen-bond acceptors (Lipinski definition) is 4. The molecule has 5 heteroatoms. The minimum atomic E-state index is -0.454. The lowest BCUT2D eigenvalue weighted by Gasteiger charge is -2.10. The van der Waals surface area contributed by atoms with Crippen molar-refractivity contribution in [2.75, 3.05) is 14.2 Å². The van der Waals surface area contributed by atoms with Crippen molar-refractivity contribution in [1.82, 2.24) is 5.48 Å². The van der Waals surface area contributed by atoms with Gasteiger partial charge in [-0.1, -0.05) is 0 Å². The Labute approximate surface area is 81.2 Å². The predicted molar refractivity (Wildman–Crippen MR) is 48.1 cm³/mol. The number of halogens is 1. The second-order valence-corrected chi connectivity index (χ2v) is 2.63. The average Bonchev–Trinajstić information content (AvgIpc) is 2.20. The molecule has 0 saturated heterocycles. The monoisotopic (exact) mass is 201 g/mol. The van der Waals surface area contributed by atoms with Crippen molar-refractivity contribution in [3.8, 4) is 11.5 Å². The lowest BCUT2D eigenvalue weighted by atomic mass is 10.2. The van der Waals surface area contributed by atoms with Gasteiger partial charge in [0.15, 0.2) is 11.5 Å². The van der Waals surface area contributed by atoms with E-state index < -0.39 is 5.82 Å². The summed E-state index contributed by atoms with van der Waals surface area (Å²) in [7, 11) is 2.90. The fourth-order valence-electron chi connectivity index (χ4n) is 1.12. The van der Waals surface area contributed by atoms with Gasteiger partial charge in [0.05, 0.1) is 14.2 Å². The first-order valence-corrected chi connectivity index (χ1v) is 4.00. The molecule has 1 rings (SSSR count). The van der Waals surface area contributed by atoms with E-state index in [-0.39, 0.29) is 6.54 Å².